The first-order valence-electron chi connectivity index (χ1n) is 4.80. The molecule has 0 amide bonds. The lowest BCUT2D eigenvalue weighted by Gasteiger charge is -2.18. The molecule has 1 atom stereocenters. The molecular weight excluding hydrogens is 266 g/mol. The fourth-order valence-corrected chi connectivity index (χ4v) is 2.57. The lowest BCUT2D eigenvalue weighted by molar-refractivity contribution is 0.359. The van der Waals surface area contributed by atoms with Gasteiger partial charge in [0.25, 0.3) is 0 Å². The van der Waals surface area contributed by atoms with Crippen LogP contribution in [-0.2, 0) is 9.84 Å². The number of alkyl halides is 1. The first kappa shape index (κ1) is 14.4. The molecule has 0 aromatic heterocycles. The van der Waals surface area contributed by atoms with Crippen molar-refractivity contribution in [2.45, 2.75) is 30.8 Å². The van der Waals surface area contributed by atoms with Gasteiger partial charge in [0.05, 0.1) is 11.0 Å². The van der Waals surface area contributed by atoms with Crippen LogP contribution in [-0.4, -0.2) is 49.3 Å². The van der Waals surface area contributed by atoms with E-state index < -0.39 is 9.84 Å². The monoisotopic (exact) mass is 285 g/mol. The van der Waals surface area contributed by atoms with Crippen LogP contribution >= 0.6 is 15.9 Å². The normalized spacial score (nSPS) is 15.1. The topological polar surface area (TPSA) is 37.4 Å². The number of hydrogen-bond donors (Lipinski definition) is 0. The van der Waals surface area contributed by atoms with Crippen molar-refractivity contribution in [2.24, 2.45) is 0 Å². The van der Waals surface area contributed by atoms with Crippen LogP contribution in [0.1, 0.15) is 20.8 Å². The van der Waals surface area contributed by atoms with Crippen LogP contribution in [0.2, 0.25) is 0 Å². The molecular formula is C9H20BrNO2S. The van der Waals surface area contributed by atoms with Crippen LogP contribution in [0.5, 0.6) is 0 Å². The Kier molecular flexibility index (Phi) is 6.25. The zero-order valence-corrected chi connectivity index (χ0v) is 11.7. The van der Waals surface area contributed by atoms with E-state index in [1.165, 1.54) is 0 Å². The van der Waals surface area contributed by atoms with Crippen molar-refractivity contribution in [2.75, 3.05) is 25.9 Å². The minimum atomic E-state index is -2.89. The number of hydrogen-bond acceptors (Lipinski definition) is 3. The number of rotatable bonds is 6. The second kappa shape index (κ2) is 6.08. The van der Waals surface area contributed by atoms with Crippen LogP contribution in [0, 0.1) is 0 Å². The van der Waals surface area contributed by atoms with Crippen LogP contribution in [0.4, 0.5) is 0 Å². The molecule has 0 heterocycles. The SMILES string of the molecule is CC(Br)CN(C)CCS(=O)(=O)C(C)C. The average Bonchev–Trinajstić information content (AvgIpc) is 1.99. The molecule has 0 saturated carbocycles. The summed E-state index contributed by atoms with van der Waals surface area (Å²) < 4.78 is 23.0. The lowest BCUT2D eigenvalue weighted by atomic mass is 10.4. The molecule has 0 aliphatic rings. The summed E-state index contributed by atoms with van der Waals surface area (Å²) in [7, 11) is -0.948. The predicted octanol–water partition coefficient (Wildman–Crippen LogP) is 1.52. The van der Waals surface area contributed by atoms with E-state index in [0.717, 1.165) is 6.54 Å². The molecule has 86 valence electrons. The maximum atomic E-state index is 11.5. The van der Waals surface area contributed by atoms with Crippen LogP contribution in [0.25, 0.3) is 0 Å². The van der Waals surface area contributed by atoms with Crippen molar-refractivity contribution in [1.82, 2.24) is 4.90 Å². The van der Waals surface area contributed by atoms with Gasteiger partial charge in [-0.05, 0) is 20.9 Å². The average molecular weight is 286 g/mol. The van der Waals surface area contributed by atoms with Gasteiger partial charge in [-0.25, -0.2) is 8.42 Å². The van der Waals surface area contributed by atoms with Gasteiger partial charge in [-0.3, -0.25) is 0 Å². The van der Waals surface area contributed by atoms with Gasteiger partial charge in [0.1, 0.15) is 0 Å². The molecule has 1 unspecified atom stereocenters. The molecule has 0 aliphatic carbocycles. The molecule has 3 nitrogen and oxygen atoms in total. The fraction of sp³-hybridized carbons (Fsp3) is 1.00. The smallest absolute Gasteiger partial charge is 0.153 e. The Bertz CT molecular complexity index is 250. The summed E-state index contributed by atoms with van der Waals surface area (Å²) in [6.45, 7) is 6.97. The molecule has 0 N–H and O–H groups in total. The molecule has 0 aliphatic heterocycles. The Morgan fingerprint density at radius 3 is 2.14 bits per heavy atom. The van der Waals surface area contributed by atoms with E-state index >= 15 is 0 Å². The van der Waals surface area contributed by atoms with Gasteiger partial charge in [-0.2, -0.15) is 0 Å². The van der Waals surface area contributed by atoms with E-state index in [4.69, 9.17) is 0 Å². The number of halogens is 1. The highest BCUT2D eigenvalue weighted by atomic mass is 79.9. The molecule has 0 rings (SSSR count). The Hall–Kier alpha value is 0.390. The third kappa shape index (κ3) is 5.98. The first-order chi connectivity index (χ1) is 6.25. The van der Waals surface area contributed by atoms with E-state index in [9.17, 15) is 8.42 Å². The summed E-state index contributed by atoms with van der Waals surface area (Å²) in [5.41, 5.74) is 0. The highest BCUT2D eigenvalue weighted by Crippen LogP contribution is 2.03. The summed E-state index contributed by atoms with van der Waals surface area (Å²) in [6, 6.07) is 0. The standard InChI is InChI=1S/C9H20BrNO2S/c1-8(2)14(12,13)6-5-11(4)7-9(3)10/h8-9H,5-7H2,1-4H3. The number of nitrogens with zero attached hydrogens (tertiary/aromatic N) is 1. The van der Waals surface area contributed by atoms with Gasteiger partial charge in [-0.15, -0.1) is 0 Å². The molecule has 0 saturated heterocycles. The Morgan fingerprint density at radius 2 is 1.79 bits per heavy atom. The minimum absolute atomic E-state index is 0.251. The van der Waals surface area contributed by atoms with Crippen molar-refractivity contribution < 1.29 is 8.42 Å². The highest BCUT2D eigenvalue weighted by molar-refractivity contribution is 9.09. The molecule has 0 radical (unpaired) electrons. The van der Waals surface area contributed by atoms with Crippen molar-refractivity contribution in [3.05, 3.63) is 0 Å². The maximum absolute atomic E-state index is 11.5. The van der Waals surface area contributed by atoms with E-state index in [1.54, 1.807) is 13.8 Å². The molecule has 0 spiro atoms. The number of sulfone groups is 1. The van der Waals surface area contributed by atoms with Crippen molar-refractivity contribution in [1.29, 1.82) is 0 Å². The fourth-order valence-electron chi connectivity index (χ4n) is 1.04. The summed E-state index contributed by atoms with van der Waals surface area (Å²) in [5.74, 6) is 0.251. The molecule has 0 aromatic carbocycles. The summed E-state index contributed by atoms with van der Waals surface area (Å²) in [5, 5.41) is -0.266. The van der Waals surface area contributed by atoms with Crippen LogP contribution < -0.4 is 0 Å². The molecule has 0 aromatic rings. The Balaban J connectivity index is 3.95. The second-order valence-corrected chi connectivity index (χ2v) is 8.20. The van der Waals surface area contributed by atoms with Gasteiger partial charge in [-0.1, -0.05) is 22.9 Å². The van der Waals surface area contributed by atoms with Gasteiger partial charge in [0, 0.05) is 17.9 Å². The van der Waals surface area contributed by atoms with E-state index in [1.807, 2.05) is 18.9 Å². The zero-order chi connectivity index (χ0) is 11.4. The zero-order valence-electron chi connectivity index (χ0n) is 9.33. The quantitative estimate of drug-likeness (QED) is 0.695. The molecule has 0 fully saturated rings. The first-order valence-corrected chi connectivity index (χ1v) is 7.43. The van der Waals surface area contributed by atoms with E-state index in [0.29, 0.717) is 11.4 Å². The second-order valence-electron chi connectivity index (χ2n) is 3.96. The van der Waals surface area contributed by atoms with Crippen molar-refractivity contribution in [3.63, 3.8) is 0 Å². The highest BCUT2D eigenvalue weighted by Gasteiger charge is 2.16. The summed E-state index contributed by atoms with van der Waals surface area (Å²) >= 11 is 3.43. The summed E-state index contributed by atoms with van der Waals surface area (Å²) in [6.07, 6.45) is 0. The minimum Gasteiger partial charge on any atom is -0.304 e. The van der Waals surface area contributed by atoms with Crippen LogP contribution in [0.15, 0.2) is 0 Å². The van der Waals surface area contributed by atoms with Crippen LogP contribution in [0.3, 0.4) is 0 Å². The molecule has 5 heteroatoms. The maximum Gasteiger partial charge on any atom is 0.153 e. The van der Waals surface area contributed by atoms with E-state index in [2.05, 4.69) is 15.9 Å². The van der Waals surface area contributed by atoms with E-state index in [-0.39, 0.29) is 11.0 Å². The van der Waals surface area contributed by atoms with Gasteiger partial charge < -0.3 is 4.90 Å². The Morgan fingerprint density at radius 1 is 1.29 bits per heavy atom. The summed E-state index contributed by atoms with van der Waals surface area (Å²) in [4.78, 5) is 2.42. The molecule has 0 bridgehead atoms. The third-order valence-electron chi connectivity index (χ3n) is 2.04. The van der Waals surface area contributed by atoms with Gasteiger partial charge >= 0.3 is 0 Å². The third-order valence-corrected chi connectivity index (χ3v) is 4.52. The predicted molar refractivity (Wildman–Crippen MR) is 64.8 cm³/mol. The molecule has 14 heavy (non-hydrogen) atoms. The van der Waals surface area contributed by atoms with Crippen molar-refractivity contribution in [3.8, 4) is 0 Å². The lowest BCUT2D eigenvalue weighted by Crippen LogP contribution is -2.31. The van der Waals surface area contributed by atoms with Crippen molar-refractivity contribution >= 4 is 25.8 Å². The van der Waals surface area contributed by atoms with Gasteiger partial charge in [0.15, 0.2) is 9.84 Å². The Labute approximate surface area is 95.9 Å². The van der Waals surface area contributed by atoms with Gasteiger partial charge in [0.2, 0.25) is 0 Å². The largest absolute Gasteiger partial charge is 0.304 e.